The SMILES string of the molecule is Cc1cc(OC(F)(F)F)ccc1N1C(=O)N(Cc2ccncc2)C(C)(C)C1=O. The minimum Gasteiger partial charge on any atom is -0.406 e. The molecule has 3 rings (SSSR count). The third kappa shape index (κ3) is 3.64. The molecule has 0 N–H and O–H groups in total. The molecule has 0 spiro atoms. The lowest BCUT2D eigenvalue weighted by Crippen LogP contribution is -2.43. The van der Waals surface area contributed by atoms with Crippen molar-refractivity contribution in [2.45, 2.75) is 39.2 Å². The molecule has 0 aliphatic carbocycles. The Morgan fingerprint density at radius 2 is 1.75 bits per heavy atom. The number of nitrogens with zero attached hydrogens (tertiary/aromatic N) is 3. The van der Waals surface area contributed by atoms with Crippen LogP contribution in [0.3, 0.4) is 0 Å². The van der Waals surface area contributed by atoms with E-state index in [9.17, 15) is 22.8 Å². The van der Waals surface area contributed by atoms with Crippen LogP contribution in [0, 0.1) is 6.92 Å². The van der Waals surface area contributed by atoms with Gasteiger partial charge < -0.3 is 9.64 Å². The number of aryl methyl sites for hydroxylation is 1. The molecule has 2 aromatic rings. The fraction of sp³-hybridized carbons (Fsp3) is 0.316. The normalized spacial score (nSPS) is 16.6. The first kappa shape index (κ1) is 19.7. The second-order valence-corrected chi connectivity index (χ2v) is 6.92. The van der Waals surface area contributed by atoms with E-state index in [4.69, 9.17) is 0 Å². The standard InChI is InChI=1S/C19H18F3N3O3/c1-12-10-14(28-19(20,21)22)4-5-15(12)25-16(26)18(2,3)24(17(25)27)11-13-6-8-23-9-7-13/h4-10H,11H2,1-3H3. The highest BCUT2D eigenvalue weighted by molar-refractivity contribution is 6.23. The van der Waals surface area contributed by atoms with E-state index in [-0.39, 0.29) is 12.2 Å². The van der Waals surface area contributed by atoms with Crippen LogP contribution in [-0.2, 0) is 11.3 Å². The van der Waals surface area contributed by atoms with Gasteiger partial charge in [0.15, 0.2) is 0 Å². The number of hydrogen-bond donors (Lipinski definition) is 0. The van der Waals surface area contributed by atoms with Crippen LogP contribution in [0.25, 0.3) is 0 Å². The third-order valence-corrected chi connectivity index (χ3v) is 4.56. The van der Waals surface area contributed by atoms with Gasteiger partial charge in [0.1, 0.15) is 11.3 Å². The molecule has 1 fully saturated rings. The second kappa shape index (κ2) is 6.81. The molecule has 0 unspecified atom stereocenters. The van der Waals surface area contributed by atoms with Gasteiger partial charge in [0.05, 0.1) is 5.69 Å². The lowest BCUT2D eigenvalue weighted by Gasteiger charge is -2.27. The van der Waals surface area contributed by atoms with E-state index in [0.717, 1.165) is 22.6 Å². The minimum atomic E-state index is -4.82. The van der Waals surface area contributed by atoms with Crippen molar-refractivity contribution in [3.05, 3.63) is 53.9 Å². The lowest BCUT2D eigenvalue weighted by atomic mass is 10.0. The van der Waals surface area contributed by atoms with Crippen LogP contribution in [0.2, 0.25) is 0 Å². The fourth-order valence-electron chi connectivity index (χ4n) is 3.06. The van der Waals surface area contributed by atoms with Gasteiger partial charge in [0, 0.05) is 18.9 Å². The minimum absolute atomic E-state index is 0.199. The molecular formula is C19H18F3N3O3. The molecule has 2 heterocycles. The molecule has 1 aromatic carbocycles. The smallest absolute Gasteiger partial charge is 0.406 e. The summed E-state index contributed by atoms with van der Waals surface area (Å²) in [5, 5.41) is 0. The van der Waals surface area contributed by atoms with Gasteiger partial charge in [-0.15, -0.1) is 13.2 Å². The highest BCUT2D eigenvalue weighted by Crippen LogP contribution is 2.36. The summed E-state index contributed by atoms with van der Waals surface area (Å²) in [6.07, 6.45) is -1.64. The molecule has 1 aromatic heterocycles. The van der Waals surface area contributed by atoms with Crippen molar-refractivity contribution in [3.63, 3.8) is 0 Å². The zero-order valence-electron chi connectivity index (χ0n) is 15.4. The first-order valence-corrected chi connectivity index (χ1v) is 8.42. The van der Waals surface area contributed by atoms with Crippen molar-refractivity contribution in [2.75, 3.05) is 4.90 Å². The number of hydrogen-bond acceptors (Lipinski definition) is 4. The number of aromatic nitrogens is 1. The maximum absolute atomic E-state index is 13.0. The number of ether oxygens (including phenoxy) is 1. The Kier molecular flexibility index (Phi) is 4.78. The van der Waals surface area contributed by atoms with Gasteiger partial charge in [0.2, 0.25) is 0 Å². The third-order valence-electron chi connectivity index (χ3n) is 4.56. The average molecular weight is 393 g/mol. The van der Waals surface area contributed by atoms with Gasteiger partial charge in [0.25, 0.3) is 5.91 Å². The summed E-state index contributed by atoms with van der Waals surface area (Å²) >= 11 is 0. The molecule has 9 heteroatoms. The summed E-state index contributed by atoms with van der Waals surface area (Å²) in [4.78, 5) is 32.3. The van der Waals surface area contributed by atoms with Gasteiger partial charge in [-0.2, -0.15) is 0 Å². The van der Waals surface area contributed by atoms with Crippen molar-refractivity contribution in [1.29, 1.82) is 0 Å². The molecule has 148 valence electrons. The molecule has 1 aliphatic heterocycles. The Balaban J connectivity index is 1.92. The van der Waals surface area contributed by atoms with E-state index in [1.165, 1.54) is 17.9 Å². The molecule has 0 atom stereocenters. The summed E-state index contributed by atoms with van der Waals surface area (Å²) < 4.78 is 41.1. The van der Waals surface area contributed by atoms with E-state index >= 15 is 0 Å². The van der Waals surface area contributed by atoms with Crippen molar-refractivity contribution < 1.29 is 27.5 Å². The number of anilines is 1. The summed E-state index contributed by atoms with van der Waals surface area (Å²) in [7, 11) is 0. The lowest BCUT2D eigenvalue weighted by molar-refractivity contribution is -0.274. The van der Waals surface area contributed by atoms with E-state index in [1.54, 1.807) is 38.4 Å². The summed E-state index contributed by atoms with van der Waals surface area (Å²) in [5.74, 6) is -0.875. The van der Waals surface area contributed by atoms with Crippen molar-refractivity contribution in [1.82, 2.24) is 9.88 Å². The molecule has 3 amide bonds. The molecule has 1 saturated heterocycles. The maximum Gasteiger partial charge on any atom is 0.573 e. The van der Waals surface area contributed by atoms with Gasteiger partial charge in [-0.3, -0.25) is 9.78 Å². The number of carbonyl (C=O) groups is 2. The van der Waals surface area contributed by atoms with E-state index < -0.39 is 29.6 Å². The molecule has 0 bridgehead atoms. The van der Waals surface area contributed by atoms with Crippen LogP contribution >= 0.6 is 0 Å². The quantitative estimate of drug-likeness (QED) is 0.736. The number of imide groups is 1. The van der Waals surface area contributed by atoms with Crippen molar-refractivity contribution in [3.8, 4) is 5.75 Å². The molecule has 6 nitrogen and oxygen atoms in total. The molecular weight excluding hydrogens is 375 g/mol. The summed E-state index contributed by atoms with van der Waals surface area (Å²) in [6, 6.07) is 6.44. The van der Waals surface area contributed by atoms with Crippen LogP contribution in [0.4, 0.5) is 23.7 Å². The first-order chi connectivity index (χ1) is 13.0. The predicted molar refractivity (Wildman–Crippen MR) is 94.6 cm³/mol. The van der Waals surface area contributed by atoms with Crippen molar-refractivity contribution >= 4 is 17.6 Å². The van der Waals surface area contributed by atoms with Gasteiger partial charge >= 0.3 is 12.4 Å². The number of alkyl halides is 3. The average Bonchev–Trinajstić information content (AvgIpc) is 2.75. The molecule has 28 heavy (non-hydrogen) atoms. The highest BCUT2D eigenvalue weighted by atomic mass is 19.4. The highest BCUT2D eigenvalue weighted by Gasteiger charge is 2.52. The monoisotopic (exact) mass is 393 g/mol. The number of carbonyl (C=O) groups excluding carboxylic acids is 2. The Bertz CT molecular complexity index is 914. The van der Waals surface area contributed by atoms with Gasteiger partial charge in [-0.1, -0.05) is 0 Å². The Labute approximate surface area is 159 Å². The predicted octanol–water partition coefficient (Wildman–Crippen LogP) is 4.04. The Hall–Kier alpha value is -3.10. The van der Waals surface area contributed by atoms with Crippen LogP contribution in [0.15, 0.2) is 42.7 Å². The van der Waals surface area contributed by atoms with E-state index in [0.29, 0.717) is 5.56 Å². The number of benzene rings is 1. The zero-order chi connectivity index (χ0) is 20.7. The maximum atomic E-state index is 13.0. The van der Waals surface area contributed by atoms with Crippen LogP contribution < -0.4 is 9.64 Å². The molecule has 0 saturated carbocycles. The van der Waals surface area contributed by atoms with Crippen LogP contribution in [-0.4, -0.2) is 33.7 Å². The second-order valence-electron chi connectivity index (χ2n) is 6.92. The summed E-state index contributed by atoms with van der Waals surface area (Å²) in [5.41, 5.74) is 0.213. The van der Waals surface area contributed by atoms with Gasteiger partial charge in [-0.25, -0.2) is 9.69 Å². The van der Waals surface area contributed by atoms with Gasteiger partial charge in [-0.05, 0) is 62.2 Å². The Morgan fingerprint density at radius 1 is 1.11 bits per heavy atom. The number of halogens is 3. The Morgan fingerprint density at radius 3 is 2.32 bits per heavy atom. The van der Waals surface area contributed by atoms with Crippen LogP contribution in [0.5, 0.6) is 5.75 Å². The van der Waals surface area contributed by atoms with E-state index in [1.807, 2.05) is 0 Å². The summed E-state index contributed by atoms with van der Waals surface area (Å²) in [6.45, 7) is 4.97. The number of rotatable bonds is 4. The number of amides is 3. The molecule has 1 aliphatic rings. The zero-order valence-corrected chi connectivity index (χ0v) is 15.4. The number of pyridine rings is 1. The van der Waals surface area contributed by atoms with E-state index in [2.05, 4.69) is 9.72 Å². The first-order valence-electron chi connectivity index (χ1n) is 8.42. The number of urea groups is 1. The largest absolute Gasteiger partial charge is 0.573 e. The molecule has 0 radical (unpaired) electrons. The topological polar surface area (TPSA) is 62.7 Å². The fourth-order valence-corrected chi connectivity index (χ4v) is 3.06. The van der Waals surface area contributed by atoms with Crippen LogP contribution in [0.1, 0.15) is 25.0 Å². The van der Waals surface area contributed by atoms with Crippen molar-refractivity contribution in [2.24, 2.45) is 0 Å².